The van der Waals surface area contributed by atoms with Gasteiger partial charge in [-0.1, -0.05) is 0 Å². The Labute approximate surface area is 134 Å². The molecule has 0 fully saturated rings. The Balaban J connectivity index is 1.83. The highest BCUT2D eigenvalue weighted by molar-refractivity contribution is 5.99. The van der Waals surface area contributed by atoms with Crippen molar-refractivity contribution in [2.45, 2.75) is 20.0 Å². The summed E-state index contributed by atoms with van der Waals surface area (Å²) in [6.07, 6.45) is 3.23. The summed E-state index contributed by atoms with van der Waals surface area (Å²) in [5.41, 5.74) is 1.10. The summed E-state index contributed by atoms with van der Waals surface area (Å²) in [4.78, 5) is 27.6. The van der Waals surface area contributed by atoms with Gasteiger partial charge in [0.15, 0.2) is 0 Å². The van der Waals surface area contributed by atoms with Gasteiger partial charge in [0.1, 0.15) is 5.75 Å². The fourth-order valence-electron chi connectivity index (χ4n) is 1.86. The van der Waals surface area contributed by atoms with Gasteiger partial charge in [-0.3, -0.25) is 14.6 Å². The van der Waals surface area contributed by atoms with Gasteiger partial charge in [0.25, 0.3) is 5.91 Å². The van der Waals surface area contributed by atoms with Gasteiger partial charge in [-0.05, 0) is 50.2 Å². The molecule has 120 valence electrons. The zero-order chi connectivity index (χ0) is 16.7. The SMILES string of the molecule is CC(C)Oc1ccc(C(=O)NCC(=O)Nc2ccncc2)cc1. The molecule has 6 heteroatoms. The number of pyridine rings is 1. The maximum atomic E-state index is 12.0. The number of amides is 2. The molecule has 2 aromatic rings. The van der Waals surface area contributed by atoms with Crippen molar-refractivity contribution >= 4 is 17.5 Å². The summed E-state index contributed by atoms with van der Waals surface area (Å²) in [5.74, 6) is 0.0854. The molecular weight excluding hydrogens is 294 g/mol. The molecule has 1 aromatic carbocycles. The maximum Gasteiger partial charge on any atom is 0.251 e. The van der Waals surface area contributed by atoms with Crippen LogP contribution in [-0.2, 0) is 4.79 Å². The molecule has 0 aliphatic heterocycles. The van der Waals surface area contributed by atoms with Crippen LogP contribution in [0.25, 0.3) is 0 Å². The minimum atomic E-state index is -0.314. The molecule has 0 atom stereocenters. The third-order valence-corrected chi connectivity index (χ3v) is 2.86. The molecule has 0 aliphatic carbocycles. The molecule has 0 aliphatic rings. The number of carbonyl (C=O) groups excluding carboxylic acids is 2. The number of carbonyl (C=O) groups is 2. The van der Waals surface area contributed by atoms with Gasteiger partial charge in [-0.2, -0.15) is 0 Å². The molecule has 0 saturated carbocycles. The number of hydrogen-bond donors (Lipinski definition) is 2. The predicted molar refractivity (Wildman–Crippen MR) is 87.4 cm³/mol. The van der Waals surface area contributed by atoms with Crippen LogP contribution in [-0.4, -0.2) is 29.4 Å². The van der Waals surface area contributed by atoms with E-state index in [-0.39, 0.29) is 24.5 Å². The van der Waals surface area contributed by atoms with E-state index in [0.717, 1.165) is 0 Å². The van der Waals surface area contributed by atoms with E-state index in [9.17, 15) is 9.59 Å². The molecule has 0 radical (unpaired) electrons. The van der Waals surface area contributed by atoms with E-state index in [0.29, 0.717) is 17.0 Å². The second kappa shape index (κ2) is 7.93. The lowest BCUT2D eigenvalue weighted by Gasteiger charge is -2.10. The maximum absolute atomic E-state index is 12.0. The Bertz CT molecular complexity index is 655. The third kappa shape index (κ3) is 5.43. The van der Waals surface area contributed by atoms with E-state index in [2.05, 4.69) is 15.6 Å². The van der Waals surface area contributed by atoms with Crippen molar-refractivity contribution in [3.8, 4) is 5.75 Å². The van der Waals surface area contributed by atoms with E-state index in [1.54, 1.807) is 48.8 Å². The van der Waals surface area contributed by atoms with E-state index in [1.807, 2.05) is 13.8 Å². The molecule has 2 rings (SSSR count). The zero-order valence-corrected chi connectivity index (χ0v) is 13.1. The number of ether oxygens (including phenoxy) is 1. The third-order valence-electron chi connectivity index (χ3n) is 2.86. The summed E-state index contributed by atoms with van der Waals surface area (Å²) in [6, 6.07) is 10.1. The lowest BCUT2D eigenvalue weighted by Crippen LogP contribution is -2.32. The molecule has 0 bridgehead atoms. The molecule has 2 amide bonds. The average molecular weight is 313 g/mol. The molecule has 6 nitrogen and oxygen atoms in total. The second-order valence-electron chi connectivity index (χ2n) is 5.16. The fourth-order valence-corrected chi connectivity index (χ4v) is 1.86. The first-order chi connectivity index (χ1) is 11.0. The summed E-state index contributed by atoms with van der Waals surface area (Å²) in [5, 5.41) is 5.24. The zero-order valence-electron chi connectivity index (χ0n) is 13.1. The largest absolute Gasteiger partial charge is 0.491 e. The Morgan fingerprint density at radius 3 is 2.35 bits per heavy atom. The van der Waals surface area contributed by atoms with Crippen LogP contribution in [0, 0.1) is 0 Å². The summed E-state index contributed by atoms with van der Waals surface area (Å²) >= 11 is 0. The summed E-state index contributed by atoms with van der Waals surface area (Å²) in [6.45, 7) is 3.76. The first kappa shape index (κ1) is 16.5. The minimum Gasteiger partial charge on any atom is -0.491 e. The van der Waals surface area contributed by atoms with Gasteiger partial charge >= 0.3 is 0 Å². The van der Waals surface area contributed by atoms with Crippen LogP contribution in [0.1, 0.15) is 24.2 Å². The van der Waals surface area contributed by atoms with E-state index in [4.69, 9.17) is 4.74 Å². The summed E-state index contributed by atoms with van der Waals surface area (Å²) < 4.78 is 5.51. The molecule has 2 N–H and O–H groups in total. The van der Waals surface area contributed by atoms with Crippen molar-refractivity contribution in [1.82, 2.24) is 10.3 Å². The number of benzene rings is 1. The number of nitrogens with one attached hydrogen (secondary N) is 2. The topological polar surface area (TPSA) is 80.3 Å². The molecular formula is C17H19N3O3. The van der Waals surface area contributed by atoms with E-state index in [1.165, 1.54) is 0 Å². The predicted octanol–water partition coefficient (Wildman–Crippen LogP) is 2.24. The number of anilines is 1. The lowest BCUT2D eigenvalue weighted by atomic mass is 10.2. The lowest BCUT2D eigenvalue weighted by molar-refractivity contribution is -0.115. The standard InChI is InChI=1S/C17H19N3O3/c1-12(2)23-15-5-3-13(4-6-15)17(22)19-11-16(21)20-14-7-9-18-10-8-14/h3-10,12H,11H2,1-2H3,(H,19,22)(H,18,20,21). The van der Waals surface area contributed by atoms with Crippen LogP contribution in [0.3, 0.4) is 0 Å². The van der Waals surface area contributed by atoms with Gasteiger partial charge in [-0.15, -0.1) is 0 Å². The second-order valence-corrected chi connectivity index (χ2v) is 5.16. The molecule has 23 heavy (non-hydrogen) atoms. The fraction of sp³-hybridized carbons (Fsp3) is 0.235. The van der Waals surface area contributed by atoms with Crippen molar-refractivity contribution < 1.29 is 14.3 Å². The smallest absolute Gasteiger partial charge is 0.251 e. The van der Waals surface area contributed by atoms with Gasteiger partial charge in [0.2, 0.25) is 5.91 Å². The Morgan fingerprint density at radius 1 is 1.09 bits per heavy atom. The highest BCUT2D eigenvalue weighted by Crippen LogP contribution is 2.13. The van der Waals surface area contributed by atoms with Crippen LogP contribution in [0.5, 0.6) is 5.75 Å². The quantitative estimate of drug-likeness (QED) is 0.857. The molecule has 1 heterocycles. The first-order valence-electron chi connectivity index (χ1n) is 7.29. The van der Waals surface area contributed by atoms with E-state index < -0.39 is 0 Å². The molecule has 0 spiro atoms. The number of aromatic nitrogens is 1. The Hall–Kier alpha value is -2.89. The molecule has 0 unspecified atom stereocenters. The number of nitrogens with zero attached hydrogens (tertiary/aromatic N) is 1. The Kier molecular flexibility index (Phi) is 5.68. The van der Waals surface area contributed by atoms with Crippen LogP contribution < -0.4 is 15.4 Å². The monoisotopic (exact) mass is 313 g/mol. The minimum absolute atomic E-state index is 0.0755. The average Bonchev–Trinajstić information content (AvgIpc) is 2.54. The van der Waals surface area contributed by atoms with Gasteiger partial charge in [0, 0.05) is 23.6 Å². The van der Waals surface area contributed by atoms with Crippen molar-refractivity contribution in [2.24, 2.45) is 0 Å². The molecule has 0 saturated heterocycles. The number of rotatable bonds is 6. The van der Waals surface area contributed by atoms with Crippen molar-refractivity contribution in [1.29, 1.82) is 0 Å². The highest BCUT2D eigenvalue weighted by Gasteiger charge is 2.08. The van der Waals surface area contributed by atoms with Crippen LogP contribution in [0.15, 0.2) is 48.8 Å². The van der Waals surface area contributed by atoms with Crippen LogP contribution in [0.4, 0.5) is 5.69 Å². The molecule has 1 aromatic heterocycles. The normalized spacial score (nSPS) is 10.2. The van der Waals surface area contributed by atoms with E-state index >= 15 is 0 Å². The van der Waals surface area contributed by atoms with Crippen molar-refractivity contribution in [3.05, 3.63) is 54.4 Å². The van der Waals surface area contributed by atoms with Gasteiger partial charge < -0.3 is 15.4 Å². The highest BCUT2D eigenvalue weighted by atomic mass is 16.5. The first-order valence-corrected chi connectivity index (χ1v) is 7.29. The van der Waals surface area contributed by atoms with Crippen molar-refractivity contribution in [3.63, 3.8) is 0 Å². The van der Waals surface area contributed by atoms with Crippen molar-refractivity contribution in [2.75, 3.05) is 11.9 Å². The Morgan fingerprint density at radius 2 is 1.74 bits per heavy atom. The van der Waals surface area contributed by atoms with Gasteiger partial charge in [-0.25, -0.2) is 0 Å². The van der Waals surface area contributed by atoms with Crippen LogP contribution in [0.2, 0.25) is 0 Å². The van der Waals surface area contributed by atoms with Gasteiger partial charge in [0.05, 0.1) is 12.6 Å². The summed E-state index contributed by atoms with van der Waals surface area (Å²) in [7, 11) is 0. The number of hydrogen-bond acceptors (Lipinski definition) is 4. The van der Waals surface area contributed by atoms with Crippen LogP contribution >= 0.6 is 0 Å².